The molecule has 39 heavy (non-hydrogen) atoms. The molecule has 9 nitrogen and oxygen atoms in total. The predicted molar refractivity (Wildman–Crippen MR) is 155 cm³/mol. The zero-order valence-electron chi connectivity index (χ0n) is 22.9. The average Bonchev–Trinajstić information content (AvgIpc) is 3.27. The van der Waals surface area contributed by atoms with E-state index in [1.54, 1.807) is 56.2 Å². The third-order valence-electron chi connectivity index (χ3n) is 7.17. The van der Waals surface area contributed by atoms with Gasteiger partial charge in [0.15, 0.2) is 12.8 Å². The summed E-state index contributed by atoms with van der Waals surface area (Å²) in [5.41, 5.74) is 6.11. The van der Waals surface area contributed by atoms with E-state index in [0.717, 1.165) is 53.2 Å². The van der Waals surface area contributed by atoms with E-state index in [0.29, 0.717) is 11.3 Å². The first-order valence-electron chi connectivity index (χ1n) is 12.8. The van der Waals surface area contributed by atoms with E-state index in [1.165, 1.54) is 5.57 Å². The van der Waals surface area contributed by atoms with E-state index in [4.69, 9.17) is 4.74 Å². The summed E-state index contributed by atoms with van der Waals surface area (Å²) >= 11 is 0. The summed E-state index contributed by atoms with van der Waals surface area (Å²) in [5.74, 6) is 0.655. The van der Waals surface area contributed by atoms with E-state index < -0.39 is 0 Å². The van der Waals surface area contributed by atoms with Gasteiger partial charge in [-0.25, -0.2) is 9.56 Å². The van der Waals surface area contributed by atoms with Crippen molar-refractivity contribution in [3.05, 3.63) is 88.1 Å². The van der Waals surface area contributed by atoms with Crippen molar-refractivity contribution in [3.8, 4) is 11.4 Å². The Morgan fingerprint density at radius 3 is 2.67 bits per heavy atom. The van der Waals surface area contributed by atoms with Crippen molar-refractivity contribution in [2.45, 2.75) is 6.42 Å². The van der Waals surface area contributed by atoms with E-state index in [1.807, 2.05) is 37.4 Å². The van der Waals surface area contributed by atoms with Gasteiger partial charge in [-0.05, 0) is 42.0 Å². The highest BCUT2D eigenvalue weighted by Gasteiger charge is 2.20. The molecule has 0 saturated carbocycles. The number of pyridine rings is 2. The van der Waals surface area contributed by atoms with Crippen LogP contribution in [0, 0.1) is 0 Å². The van der Waals surface area contributed by atoms with E-state index in [9.17, 15) is 9.59 Å². The van der Waals surface area contributed by atoms with Crippen molar-refractivity contribution >= 4 is 34.4 Å². The number of hydrogen-bond donors (Lipinski definition) is 1. The summed E-state index contributed by atoms with van der Waals surface area (Å²) in [5, 5.41) is 3.92. The molecule has 4 aromatic rings. The molecule has 1 N–H and O–H groups in total. The van der Waals surface area contributed by atoms with Gasteiger partial charge in [0, 0.05) is 75.3 Å². The van der Waals surface area contributed by atoms with Crippen LogP contribution in [0.25, 0.3) is 22.3 Å². The SMILES string of the molecule is CNc1ccn(-c2ccnc3c2cc(C=[N+]2CC=C(c4ccc(C(=O)N(C)C)cc4OC)CC2)n3C)c(=O)c1. The number of hydrogen-bond acceptors (Lipinski definition) is 5. The predicted octanol–water partition coefficient (Wildman–Crippen LogP) is 3.40. The number of aryl methyl sites for hydroxylation is 1. The van der Waals surface area contributed by atoms with Crippen LogP contribution in [0.1, 0.15) is 28.0 Å². The lowest BCUT2D eigenvalue weighted by Crippen LogP contribution is -2.22. The molecule has 1 amide bonds. The Hall–Kier alpha value is -4.66. The number of carbonyl (C=O) groups is 1. The molecule has 200 valence electrons. The number of benzene rings is 1. The number of aromatic nitrogens is 3. The van der Waals surface area contributed by atoms with Gasteiger partial charge in [0.2, 0.25) is 0 Å². The number of rotatable bonds is 6. The first kappa shape index (κ1) is 26.0. The maximum atomic E-state index is 12.8. The highest BCUT2D eigenvalue weighted by Crippen LogP contribution is 2.31. The zero-order chi connectivity index (χ0) is 27.7. The summed E-state index contributed by atoms with van der Waals surface area (Å²) in [6.45, 7) is 1.57. The van der Waals surface area contributed by atoms with Crippen molar-refractivity contribution in [1.82, 2.24) is 19.0 Å². The maximum Gasteiger partial charge on any atom is 0.257 e. The van der Waals surface area contributed by atoms with Crippen LogP contribution in [0.2, 0.25) is 0 Å². The molecule has 0 radical (unpaired) electrons. The van der Waals surface area contributed by atoms with Crippen molar-refractivity contribution < 1.29 is 14.1 Å². The molecule has 0 bridgehead atoms. The number of nitrogens with zero attached hydrogens (tertiary/aromatic N) is 5. The van der Waals surface area contributed by atoms with Crippen LogP contribution in [0.15, 0.2) is 65.7 Å². The number of amides is 1. The molecule has 3 aromatic heterocycles. The summed E-state index contributed by atoms with van der Waals surface area (Å²) in [4.78, 5) is 31.3. The molecule has 0 unspecified atom stereocenters. The molecule has 0 spiro atoms. The molecule has 1 aliphatic heterocycles. The highest BCUT2D eigenvalue weighted by atomic mass is 16.5. The van der Waals surface area contributed by atoms with E-state index in [2.05, 4.69) is 37.8 Å². The fraction of sp³-hybridized carbons (Fsp3) is 0.267. The molecule has 0 saturated heterocycles. The Bertz CT molecular complexity index is 1690. The first-order chi connectivity index (χ1) is 18.8. The Morgan fingerprint density at radius 2 is 2.00 bits per heavy atom. The minimum atomic E-state index is -0.105. The number of nitrogens with one attached hydrogen (secondary N) is 1. The van der Waals surface area contributed by atoms with Gasteiger partial charge in [-0.1, -0.05) is 6.07 Å². The molecule has 0 atom stereocenters. The quantitative estimate of drug-likeness (QED) is 0.390. The van der Waals surface area contributed by atoms with Gasteiger partial charge < -0.3 is 19.5 Å². The minimum Gasteiger partial charge on any atom is -0.496 e. The van der Waals surface area contributed by atoms with Gasteiger partial charge in [-0.2, -0.15) is 0 Å². The largest absolute Gasteiger partial charge is 0.496 e. The fourth-order valence-corrected chi connectivity index (χ4v) is 4.97. The van der Waals surface area contributed by atoms with Crippen molar-refractivity contribution in [3.63, 3.8) is 0 Å². The van der Waals surface area contributed by atoms with Gasteiger partial charge in [0.1, 0.15) is 23.6 Å². The highest BCUT2D eigenvalue weighted by molar-refractivity contribution is 5.95. The molecule has 4 heterocycles. The molecular formula is C30H33N6O3+. The molecule has 9 heteroatoms. The molecule has 1 aliphatic rings. The second-order valence-electron chi connectivity index (χ2n) is 9.79. The van der Waals surface area contributed by atoms with Crippen LogP contribution in [-0.4, -0.2) is 77.1 Å². The Balaban J connectivity index is 1.44. The van der Waals surface area contributed by atoms with Crippen LogP contribution < -0.4 is 15.6 Å². The van der Waals surface area contributed by atoms with Crippen LogP contribution in [0.5, 0.6) is 5.75 Å². The van der Waals surface area contributed by atoms with Gasteiger partial charge in [0.05, 0.1) is 12.8 Å². The number of anilines is 1. The van der Waals surface area contributed by atoms with Crippen molar-refractivity contribution in [1.29, 1.82) is 0 Å². The van der Waals surface area contributed by atoms with Crippen molar-refractivity contribution in [2.24, 2.45) is 7.05 Å². The van der Waals surface area contributed by atoms with E-state index in [-0.39, 0.29) is 11.5 Å². The van der Waals surface area contributed by atoms with Crippen molar-refractivity contribution in [2.75, 3.05) is 46.7 Å². The Labute approximate surface area is 227 Å². The zero-order valence-corrected chi connectivity index (χ0v) is 22.9. The summed E-state index contributed by atoms with van der Waals surface area (Å²) in [6, 6.07) is 13.1. The first-order valence-corrected chi connectivity index (χ1v) is 12.8. The number of carbonyl (C=O) groups excluding carboxylic acids is 1. The van der Waals surface area contributed by atoms with Gasteiger partial charge in [-0.15, -0.1) is 0 Å². The smallest absolute Gasteiger partial charge is 0.257 e. The maximum absolute atomic E-state index is 12.8. The Morgan fingerprint density at radius 1 is 1.18 bits per heavy atom. The van der Waals surface area contributed by atoms with Crippen LogP contribution >= 0.6 is 0 Å². The van der Waals surface area contributed by atoms with E-state index >= 15 is 0 Å². The lowest BCUT2D eigenvalue weighted by molar-refractivity contribution is -0.514. The fourth-order valence-electron chi connectivity index (χ4n) is 4.97. The molecule has 5 rings (SSSR count). The monoisotopic (exact) mass is 525 g/mol. The normalized spacial score (nSPS) is 14.4. The van der Waals surface area contributed by atoms with Crippen LogP contribution in [0.4, 0.5) is 5.69 Å². The van der Waals surface area contributed by atoms with Crippen LogP contribution in [-0.2, 0) is 7.05 Å². The topological polar surface area (TPSA) is 84.4 Å². The third kappa shape index (κ3) is 4.95. The molecule has 1 aromatic carbocycles. The second kappa shape index (κ2) is 10.6. The van der Waals surface area contributed by atoms with Gasteiger partial charge in [-0.3, -0.25) is 14.2 Å². The van der Waals surface area contributed by atoms with Gasteiger partial charge >= 0.3 is 0 Å². The number of methoxy groups -OCH3 is 1. The molecular weight excluding hydrogens is 492 g/mol. The molecule has 0 fully saturated rings. The summed E-state index contributed by atoms with van der Waals surface area (Å²) in [6.07, 6.45) is 8.71. The standard InChI is InChI=1S/C30H32N6O3/c1-31-22-11-15-36(28(37)17-22)26-8-12-32-29-25(26)18-23(34(29)4)19-35-13-9-20(10-14-35)24-7-6-21(16-27(24)39-5)30(38)33(2)3/h6-9,11-12,15-19H,10,13-14H2,1-5H3/p+1. The second-order valence-corrected chi connectivity index (χ2v) is 9.79. The van der Waals surface area contributed by atoms with Gasteiger partial charge in [0.25, 0.3) is 11.5 Å². The number of fused-ring (bicyclic) bond motifs is 1. The third-order valence-corrected chi connectivity index (χ3v) is 7.17. The lowest BCUT2D eigenvalue weighted by Gasteiger charge is -2.17. The number of ether oxygens (including phenoxy) is 1. The average molecular weight is 526 g/mol. The Kier molecular flexibility index (Phi) is 7.06. The van der Waals surface area contributed by atoms with Crippen LogP contribution in [0.3, 0.4) is 0 Å². The minimum absolute atomic E-state index is 0.0503. The molecule has 0 aliphatic carbocycles. The summed E-state index contributed by atoms with van der Waals surface area (Å²) in [7, 11) is 8.90. The summed E-state index contributed by atoms with van der Waals surface area (Å²) < 4.78 is 11.6. The lowest BCUT2D eigenvalue weighted by atomic mass is 9.97.